The van der Waals surface area contributed by atoms with Crippen LogP contribution in [-0.2, 0) is 4.79 Å². The summed E-state index contributed by atoms with van der Waals surface area (Å²) in [7, 11) is 0. The molecule has 1 heterocycles. The maximum absolute atomic E-state index is 12.6. The van der Waals surface area contributed by atoms with E-state index in [1.165, 1.54) is 4.90 Å². The Hall–Kier alpha value is -2.69. The molecule has 2 aromatic carbocycles. The smallest absolute Gasteiger partial charge is 0.261 e. The number of rotatable bonds is 4. The van der Waals surface area contributed by atoms with Gasteiger partial charge in [-0.15, -0.1) is 0 Å². The molecule has 2 aliphatic rings. The summed E-state index contributed by atoms with van der Waals surface area (Å²) in [5.41, 5.74) is 1.09. The predicted octanol–water partition coefficient (Wildman–Crippen LogP) is 1.96. The zero-order chi connectivity index (χ0) is 16.0. The van der Waals surface area contributed by atoms with Crippen LogP contribution in [0.3, 0.4) is 0 Å². The van der Waals surface area contributed by atoms with Crippen LogP contribution in [0, 0.1) is 5.92 Å². The maximum atomic E-state index is 12.6. The van der Waals surface area contributed by atoms with Crippen molar-refractivity contribution in [1.29, 1.82) is 0 Å². The summed E-state index contributed by atoms with van der Waals surface area (Å²) in [4.78, 5) is 38.1. The van der Waals surface area contributed by atoms with Gasteiger partial charge in [-0.25, -0.2) is 0 Å². The molecular weight excluding hydrogens is 292 g/mol. The van der Waals surface area contributed by atoms with Gasteiger partial charge in [0.1, 0.15) is 0 Å². The average Bonchev–Trinajstić information content (AvgIpc) is 3.40. The molecule has 23 heavy (non-hydrogen) atoms. The number of imide groups is 1. The van der Waals surface area contributed by atoms with Crippen LogP contribution in [0.1, 0.15) is 33.6 Å². The second-order valence-electron chi connectivity index (χ2n) is 6.04. The minimum absolute atomic E-state index is 0.0180. The number of nitrogens with one attached hydrogen (secondary N) is 1. The highest BCUT2D eigenvalue weighted by Gasteiger charge is 2.33. The molecule has 0 bridgehead atoms. The molecular formula is C18H16N2O3. The summed E-state index contributed by atoms with van der Waals surface area (Å²) in [6.07, 6.45) is 1.87. The number of nitrogens with zero attached hydrogens (tertiary/aromatic N) is 1. The van der Waals surface area contributed by atoms with E-state index in [9.17, 15) is 14.4 Å². The van der Waals surface area contributed by atoms with E-state index in [1.54, 1.807) is 12.1 Å². The lowest BCUT2D eigenvalue weighted by Crippen LogP contribution is -2.44. The lowest BCUT2D eigenvalue weighted by atomic mass is 9.94. The first-order valence-corrected chi connectivity index (χ1v) is 7.82. The first-order valence-electron chi connectivity index (χ1n) is 7.82. The van der Waals surface area contributed by atoms with Gasteiger partial charge in [-0.05, 0) is 30.4 Å². The quantitative estimate of drug-likeness (QED) is 0.878. The lowest BCUT2D eigenvalue weighted by molar-refractivity contribution is -0.122. The van der Waals surface area contributed by atoms with Gasteiger partial charge in [-0.1, -0.05) is 24.3 Å². The highest BCUT2D eigenvalue weighted by molar-refractivity contribution is 6.25. The van der Waals surface area contributed by atoms with Crippen LogP contribution in [-0.4, -0.2) is 35.7 Å². The number of hydrogen-bond acceptors (Lipinski definition) is 3. The molecule has 0 spiro atoms. The Bertz CT molecular complexity index is 789. The maximum Gasteiger partial charge on any atom is 0.261 e. The van der Waals surface area contributed by atoms with Gasteiger partial charge in [0, 0.05) is 35.5 Å². The Labute approximate surface area is 133 Å². The fraction of sp³-hybridized carbons (Fsp3) is 0.278. The van der Waals surface area contributed by atoms with Crippen molar-refractivity contribution >= 4 is 28.5 Å². The molecule has 5 nitrogen and oxygen atoms in total. The van der Waals surface area contributed by atoms with Crippen molar-refractivity contribution in [2.75, 3.05) is 13.1 Å². The summed E-state index contributed by atoms with van der Waals surface area (Å²) >= 11 is 0. The number of carbonyl (C=O) groups is 3. The van der Waals surface area contributed by atoms with Gasteiger partial charge in [-0.2, -0.15) is 0 Å². The molecule has 5 heteroatoms. The Balaban J connectivity index is 1.59. The molecule has 1 saturated carbocycles. The zero-order valence-electron chi connectivity index (χ0n) is 12.5. The van der Waals surface area contributed by atoms with E-state index < -0.39 is 0 Å². The molecule has 0 saturated heterocycles. The normalized spacial score (nSPS) is 16.8. The van der Waals surface area contributed by atoms with Gasteiger partial charge in [0.15, 0.2) is 0 Å². The third-order valence-electron chi connectivity index (χ3n) is 4.44. The summed E-state index contributed by atoms with van der Waals surface area (Å²) in [6.45, 7) is 0.492. The zero-order valence-corrected chi connectivity index (χ0v) is 12.5. The fourth-order valence-electron chi connectivity index (χ4n) is 3.06. The predicted molar refractivity (Wildman–Crippen MR) is 85.0 cm³/mol. The first-order chi connectivity index (χ1) is 11.2. The largest absolute Gasteiger partial charge is 0.354 e. The van der Waals surface area contributed by atoms with Crippen molar-refractivity contribution in [2.45, 2.75) is 12.8 Å². The van der Waals surface area contributed by atoms with Gasteiger partial charge < -0.3 is 5.32 Å². The molecule has 0 unspecified atom stereocenters. The van der Waals surface area contributed by atoms with Crippen LogP contribution in [0.15, 0.2) is 36.4 Å². The average molecular weight is 308 g/mol. The molecule has 0 radical (unpaired) electrons. The number of amides is 3. The molecule has 116 valence electrons. The van der Waals surface area contributed by atoms with Gasteiger partial charge in [-0.3, -0.25) is 19.3 Å². The van der Waals surface area contributed by atoms with Crippen LogP contribution in [0.5, 0.6) is 0 Å². The Morgan fingerprint density at radius 3 is 2.22 bits per heavy atom. The SMILES string of the molecule is O=C(NCCN1C(=O)c2cccc3cccc(c23)C1=O)C1CC1. The number of benzene rings is 2. The number of carbonyl (C=O) groups excluding carboxylic acids is 3. The second kappa shape index (κ2) is 5.19. The molecule has 1 aliphatic carbocycles. The molecule has 0 atom stereocenters. The van der Waals surface area contributed by atoms with E-state index in [0.29, 0.717) is 17.7 Å². The van der Waals surface area contributed by atoms with E-state index in [0.717, 1.165) is 23.6 Å². The van der Waals surface area contributed by atoms with Crippen molar-refractivity contribution in [3.63, 3.8) is 0 Å². The molecule has 1 N–H and O–H groups in total. The van der Waals surface area contributed by atoms with Crippen molar-refractivity contribution in [1.82, 2.24) is 10.2 Å². The molecule has 3 amide bonds. The van der Waals surface area contributed by atoms with Gasteiger partial charge in [0.05, 0.1) is 0 Å². The van der Waals surface area contributed by atoms with Crippen molar-refractivity contribution in [3.8, 4) is 0 Å². The topological polar surface area (TPSA) is 66.5 Å². The first kappa shape index (κ1) is 13.9. The van der Waals surface area contributed by atoms with Crippen molar-refractivity contribution < 1.29 is 14.4 Å². The van der Waals surface area contributed by atoms with E-state index in [4.69, 9.17) is 0 Å². The van der Waals surface area contributed by atoms with Crippen LogP contribution < -0.4 is 5.32 Å². The standard InChI is InChI=1S/C18H16N2O3/c21-16(12-7-8-12)19-9-10-20-17(22)13-5-1-3-11-4-2-6-14(15(11)13)18(20)23/h1-6,12H,7-10H2,(H,19,21). The third kappa shape index (κ3) is 2.29. The van der Waals surface area contributed by atoms with E-state index in [1.807, 2.05) is 24.3 Å². The fourth-order valence-corrected chi connectivity index (χ4v) is 3.06. The van der Waals surface area contributed by atoms with Gasteiger partial charge >= 0.3 is 0 Å². The monoisotopic (exact) mass is 308 g/mol. The third-order valence-corrected chi connectivity index (χ3v) is 4.44. The molecule has 1 fully saturated rings. The summed E-state index contributed by atoms with van der Waals surface area (Å²) < 4.78 is 0. The second-order valence-corrected chi connectivity index (χ2v) is 6.04. The summed E-state index contributed by atoms with van der Waals surface area (Å²) in [6, 6.07) is 10.9. The molecule has 2 aromatic rings. The van der Waals surface area contributed by atoms with Gasteiger partial charge in [0.25, 0.3) is 11.8 Å². The Morgan fingerprint density at radius 2 is 1.65 bits per heavy atom. The highest BCUT2D eigenvalue weighted by atomic mass is 16.2. The van der Waals surface area contributed by atoms with E-state index in [-0.39, 0.29) is 30.2 Å². The molecule has 0 aromatic heterocycles. The van der Waals surface area contributed by atoms with Crippen LogP contribution in [0.25, 0.3) is 10.8 Å². The minimum atomic E-state index is -0.292. The lowest BCUT2D eigenvalue weighted by Gasteiger charge is -2.27. The molecule has 1 aliphatic heterocycles. The summed E-state index contributed by atoms with van der Waals surface area (Å²) in [5.74, 6) is -0.443. The summed E-state index contributed by atoms with van der Waals surface area (Å²) in [5, 5.41) is 4.41. The Morgan fingerprint density at radius 1 is 1.04 bits per heavy atom. The van der Waals surface area contributed by atoms with Crippen LogP contribution >= 0.6 is 0 Å². The number of hydrogen-bond donors (Lipinski definition) is 1. The van der Waals surface area contributed by atoms with Crippen molar-refractivity contribution in [2.24, 2.45) is 5.92 Å². The Kier molecular flexibility index (Phi) is 3.15. The molecule has 4 rings (SSSR count). The van der Waals surface area contributed by atoms with Crippen molar-refractivity contribution in [3.05, 3.63) is 47.5 Å². The highest BCUT2D eigenvalue weighted by Crippen LogP contribution is 2.30. The van der Waals surface area contributed by atoms with E-state index in [2.05, 4.69) is 5.32 Å². The van der Waals surface area contributed by atoms with Crippen LogP contribution in [0.4, 0.5) is 0 Å². The van der Waals surface area contributed by atoms with Crippen LogP contribution in [0.2, 0.25) is 0 Å². The van der Waals surface area contributed by atoms with Gasteiger partial charge in [0.2, 0.25) is 5.91 Å². The minimum Gasteiger partial charge on any atom is -0.354 e. The van der Waals surface area contributed by atoms with E-state index >= 15 is 0 Å².